The number of hydrogen-bond donors (Lipinski definition) is 3. The molecular weight excluding hydrogens is 472 g/mol. The van der Waals surface area contributed by atoms with Crippen molar-refractivity contribution in [3.05, 3.63) is 88.1 Å². The second-order valence-corrected chi connectivity index (χ2v) is 9.41. The molecule has 4 aromatic rings. The van der Waals surface area contributed by atoms with Crippen molar-refractivity contribution in [3.63, 3.8) is 0 Å². The third-order valence-electron chi connectivity index (χ3n) is 6.93. The molecule has 37 heavy (non-hydrogen) atoms. The van der Waals surface area contributed by atoms with Crippen molar-refractivity contribution in [2.24, 2.45) is 0 Å². The Morgan fingerprint density at radius 2 is 1.59 bits per heavy atom. The number of nitrogens with zero attached hydrogens (tertiary/aromatic N) is 2. The van der Waals surface area contributed by atoms with Crippen molar-refractivity contribution in [2.45, 2.75) is 12.3 Å². The van der Waals surface area contributed by atoms with Gasteiger partial charge in [-0.2, -0.15) is 0 Å². The number of aromatic hydroxyl groups is 3. The maximum Gasteiger partial charge on any atom is 0.223 e. The second kappa shape index (κ2) is 9.99. The van der Waals surface area contributed by atoms with Crippen LogP contribution >= 0.6 is 0 Å². The van der Waals surface area contributed by atoms with Crippen LogP contribution in [0, 0.1) is 0 Å². The maximum absolute atomic E-state index is 13.4. The Morgan fingerprint density at radius 3 is 2.27 bits per heavy atom. The summed E-state index contributed by atoms with van der Waals surface area (Å²) < 4.78 is 6.19. The largest absolute Gasteiger partial charge is 0.508 e. The van der Waals surface area contributed by atoms with E-state index in [1.165, 1.54) is 18.2 Å². The third kappa shape index (κ3) is 4.88. The highest BCUT2D eigenvalue weighted by Crippen LogP contribution is 2.43. The monoisotopic (exact) mass is 500 g/mol. The average Bonchev–Trinajstić information content (AvgIpc) is 2.89. The van der Waals surface area contributed by atoms with Crippen LogP contribution in [0.4, 0.5) is 0 Å². The van der Waals surface area contributed by atoms with E-state index in [1.54, 1.807) is 29.2 Å². The van der Waals surface area contributed by atoms with Gasteiger partial charge in [-0.05, 0) is 24.7 Å². The zero-order valence-electron chi connectivity index (χ0n) is 20.4. The number of hydrogen-bond acceptors (Lipinski definition) is 7. The Balaban J connectivity index is 1.69. The topological polar surface area (TPSA) is 114 Å². The summed E-state index contributed by atoms with van der Waals surface area (Å²) in [7, 11) is 2.01. The Hall–Kier alpha value is -4.30. The fraction of sp³-hybridized carbons (Fsp3) is 0.241. The molecule has 1 fully saturated rings. The highest BCUT2D eigenvalue weighted by Gasteiger charge is 2.30. The Kier molecular flexibility index (Phi) is 6.58. The fourth-order valence-electron chi connectivity index (χ4n) is 4.86. The van der Waals surface area contributed by atoms with Gasteiger partial charge in [-0.25, -0.2) is 0 Å². The van der Waals surface area contributed by atoms with Crippen LogP contribution in [0.2, 0.25) is 0 Å². The van der Waals surface area contributed by atoms with Crippen LogP contribution < -0.4 is 5.43 Å². The minimum atomic E-state index is -0.704. The van der Waals surface area contributed by atoms with E-state index in [-0.39, 0.29) is 46.1 Å². The first-order chi connectivity index (χ1) is 17.8. The van der Waals surface area contributed by atoms with Crippen LogP contribution in [0.5, 0.6) is 17.2 Å². The maximum atomic E-state index is 13.4. The zero-order valence-corrected chi connectivity index (χ0v) is 20.4. The van der Waals surface area contributed by atoms with Gasteiger partial charge >= 0.3 is 0 Å². The number of phenolic OH excluding ortho intramolecular Hbond substituents is 3. The minimum Gasteiger partial charge on any atom is -0.508 e. The number of rotatable bonds is 5. The van der Waals surface area contributed by atoms with Crippen molar-refractivity contribution >= 4 is 16.9 Å². The summed E-state index contributed by atoms with van der Waals surface area (Å²) in [4.78, 5) is 30.5. The first-order valence-electron chi connectivity index (χ1n) is 12.1. The number of phenols is 3. The number of fused-ring (bicyclic) bond motifs is 1. The summed E-state index contributed by atoms with van der Waals surface area (Å²) in [6.45, 7) is 2.71. The van der Waals surface area contributed by atoms with Crippen LogP contribution in [-0.4, -0.2) is 64.3 Å². The molecule has 0 aliphatic carbocycles. The van der Waals surface area contributed by atoms with Gasteiger partial charge in [0.15, 0.2) is 5.43 Å². The molecule has 0 radical (unpaired) electrons. The van der Waals surface area contributed by atoms with Crippen LogP contribution in [0.15, 0.2) is 75.9 Å². The summed E-state index contributed by atoms with van der Waals surface area (Å²) in [5.74, 6) is -1.16. The van der Waals surface area contributed by atoms with E-state index in [0.29, 0.717) is 24.2 Å². The van der Waals surface area contributed by atoms with Crippen molar-refractivity contribution < 1.29 is 24.5 Å². The quantitative estimate of drug-likeness (QED) is 0.381. The number of amides is 1. The number of carbonyl (C=O) groups excluding carboxylic acids is 1. The summed E-state index contributed by atoms with van der Waals surface area (Å²) in [5.41, 5.74) is 1.10. The molecule has 1 aliphatic rings. The minimum absolute atomic E-state index is 0.00119. The van der Waals surface area contributed by atoms with Gasteiger partial charge in [-0.3, -0.25) is 9.59 Å². The molecule has 1 amide bonds. The lowest BCUT2D eigenvalue weighted by molar-refractivity contribution is -0.133. The van der Waals surface area contributed by atoms with Crippen molar-refractivity contribution in [3.8, 4) is 28.6 Å². The molecule has 0 saturated carbocycles. The zero-order chi connectivity index (χ0) is 26.1. The first-order valence-corrected chi connectivity index (χ1v) is 12.1. The predicted octanol–water partition coefficient (Wildman–Crippen LogP) is 3.87. The van der Waals surface area contributed by atoms with Gasteiger partial charge in [-0.15, -0.1) is 0 Å². The lowest BCUT2D eigenvalue weighted by Crippen LogP contribution is -2.47. The van der Waals surface area contributed by atoms with E-state index >= 15 is 0 Å². The molecule has 1 aromatic heterocycles. The summed E-state index contributed by atoms with van der Waals surface area (Å²) in [6, 6.07) is 17.8. The van der Waals surface area contributed by atoms with E-state index < -0.39 is 17.1 Å². The molecule has 0 unspecified atom stereocenters. The standard InChI is InChI=1S/C29H28N2O6/c1-30-11-13-31(14-12-30)26(36)15-21(18-7-9-20(32)10-8-18)27-22(33)16-23(34)28-24(35)17-25(37-29(27)28)19-5-3-2-4-6-19/h2-10,16-17,21,32-34H,11-15H2,1H3/t21-/m0/s1. The average molecular weight is 501 g/mol. The molecule has 1 atom stereocenters. The third-order valence-corrected chi connectivity index (χ3v) is 6.93. The lowest BCUT2D eigenvalue weighted by Gasteiger charge is -2.33. The Labute approximate surface area is 213 Å². The van der Waals surface area contributed by atoms with Crippen LogP contribution in [-0.2, 0) is 4.79 Å². The van der Waals surface area contributed by atoms with Crippen molar-refractivity contribution in [2.75, 3.05) is 33.2 Å². The van der Waals surface area contributed by atoms with Gasteiger partial charge < -0.3 is 29.5 Å². The highest BCUT2D eigenvalue weighted by atomic mass is 16.3. The lowest BCUT2D eigenvalue weighted by atomic mass is 9.86. The van der Waals surface area contributed by atoms with Crippen LogP contribution in [0.1, 0.15) is 23.5 Å². The summed E-state index contributed by atoms with van der Waals surface area (Å²) in [5, 5.41) is 31.5. The van der Waals surface area contributed by atoms with E-state index in [4.69, 9.17) is 4.42 Å². The van der Waals surface area contributed by atoms with E-state index in [1.807, 2.05) is 25.2 Å². The van der Waals surface area contributed by atoms with E-state index in [2.05, 4.69) is 4.90 Å². The summed E-state index contributed by atoms with van der Waals surface area (Å²) >= 11 is 0. The molecule has 3 N–H and O–H groups in total. The molecule has 3 aromatic carbocycles. The summed E-state index contributed by atoms with van der Waals surface area (Å²) in [6.07, 6.45) is 0.00119. The van der Waals surface area contributed by atoms with Crippen LogP contribution in [0.3, 0.4) is 0 Å². The molecule has 8 heteroatoms. The molecule has 8 nitrogen and oxygen atoms in total. The first kappa shape index (κ1) is 24.4. The van der Waals surface area contributed by atoms with Gasteiger partial charge in [0.25, 0.3) is 0 Å². The van der Waals surface area contributed by atoms with Gasteiger partial charge in [0.2, 0.25) is 5.91 Å². The van der Waals surface area contributed by atoms with Gasteiger partial charge in [-0.1, -0.05) is 42.5 Å². The highest BCUT2D eigenvalue weighted by molar-refractivity contribution is 5.91. The van der Waals surface area contributed by atoms with Crippen molar-refractivity contribution in [1.29, 1.82) is 0 Å². The molecule has 2 heterocycles. The number of likely N-dealkylation sites (N-methyl/N-ethyl adjacent to an activating group) is 1. The van der Waals surface area contributed by atoms with Crippen LogP contribution in [0.25, 0.3) is 22.3 Å². The van der Waals surface area contributed by atoms with Crippen molar-refractivity contribution in [1.82, 2.24) is 9.80 Å². The van der Waals surface area contributed by atoms with Gasteiger partial charge in [0.1, 0.15) is 34.0 Å². The number of benzene rings is 3. The number of carbonyl (C=O) groups is 1. The molecule has 0 spiro atoms. The van der Waals surface area contributed by atoms with E-state index in [0.717, 1.165) is 19.2 Å². The van der Waals surface area contributed by atoms with Gasteiger partial charge in [0, 0.05) is 61.8 Å². The number of piperazine rings is 1. The Bertz CT molecular complexity index is 1490. The molecule has 5 rings (SSSR count). The Morgan fingerprint density at radius 1 is 0.919 bits per heavy atom. The fourth-order valence-corrected chi connectivity index (χ4v) is 4.86. The molecule has 1 aliphatic heterocycles. The molecule has 190 valence electrons. The molecule has 1 saturated heterocycles. The predicted molar refractivity (Wildman–Crippen MR) is 140 cm³/mol. The van der Waals surface area contributed by atoms with Gasteiger partial charge in [0.05, 0.1) is 0 Å². The second-order valence-electron chi connectivity index (χ2n) is 9.41. The normalized spacial score (nSPS) is 15.1. The van der Waals surface area contributed by atoms with E-state index in [9.17, 15) is 24.9 Å². The molecular formula is C29H28N2O6. The smallest absolute Gasteiger partial charge is 0.223 e. The SMILES string of the molecule is CN1CCN(C(=O)C[C@@H](c2ccc(O)cc2)c2c(O)cc(O)c3c(=O)cc(-c4ccccc4)oc23)CC1. The molecule has 0 bridgehead atoms.